The Morgan fingerprint density at radius 1 is 1.16 bits per heavy atom. The van der Waals surface area contributed by atoms with Crippen LogP contribution >= 0.6 is 11.3 Å². The minimum absolute atomic E-state index is 0.0963. The van der Waals surface area contributed by atoms with E-state index in [1.165, 1.54) is 11.3 Å². The molecule has 130 valence electrons. The molecule has 4 nitrogen and oxygen atoms in total. The molecule has 1 aromatic carbocycles. The van der Waals surface area contributed by atoms with E-state index in [4.69, 9.17) is 0 Å². The van der Waals surface area contributed by atoms with E-state index in [1.807, 2.05) is 54.0 Å². The van der Waals surface area contributed by atoms with Gasteiger partial charge in [-0.05, 0) is 50.5 Å². The molecule has 0 radical (unpaired) electrons. The van der Waals surface area contributed by atoms with Crippen molar-refractivity contribution < 1.29 is 9.59 Å². The van der Waals surface area contributed by atoms with Gasteiger partial charge in [-0.15, -0.1) is 11.3 Å². The van der Waals surface area contributed by atoms with Crippen LogP contribution in [0.15, 0.2) is 36.4 Å². The second-order valence-corrected chi connectivity index (χ2v) is 8.14. The number of carbonyl (C=O) groups excluding carboxylic acids is 2. The molecule has 0 aliphatic carbocycles. The Balaban J connectivity index is 1.59. The van der Waals surface area contributed by atoms with E-state index in [-0.39, 0.29) is 11.8 Å². The Morgan fingerprint density at radius 2 is 1.88 bits per heavy atom. The lowest BCUT2D eigenvalue weighted by atomic mass is 9.73. The largest absolute Gasteiger partial charge is 0.338 e. The summed E-state index contributed by atoms with van der Waals surface area (Å²) in [6.45, 7) is 5.99. The molecule has 1 spiro atoms. The third-order valence-electron chi connectivity index (χ3n) is 5.54. The highest BCUT2D eigenvalue weighted by Gasteiger charge is 2.51. The lowest BCUT2D eigenvalue weighted by Crippen LogP contribution is -2.50. The molecule has 25 heavy (non-hydrogen) atoms. The summed E-state index contributed by atoms with van der Waals surface area (Å²) in [5, 5.41) is 0. The van der Waals surface area contributed by atoms with Crippen molar-refractivity contribution in [1.82, 2.24) is 4.90 Å². The minimum Gasteiger partial charge on any atom is -0.338 e. The SMILES string of the molecule is CCN1C(=O)C2(CCN(C(=O)c3ccc(C)s3)CC2)c2ccccc21. The van der Waals surface area contributed by atoms with Crippen LogP contribution in [0.25, 0.3) is 0 Å². The van der Waals surface area contributed by atoms with Gasteiger partial charge in [0.1, 0.15) is 0 Å². The predicted octanol–water partition coefficient (Wildman–Crippen LogP) is 3.60. The van der Waals surface area contributed by atoms with Crippen molar-refractivity contribution in [2.24, 2.45) is 0 Å². The molecular weight excluding hydrogens is 332 g/mol. The molecule has 3 heterocycles. The van der Waals surface area contributed by atoms with E-state index < -0.39 is 5.41 Å². The number of rotatable bonds is 2. The summed E-state index contributed by atoms with van der Waals surface area (Å²) in [4.78, 5) is 31.6. The number of anilines is 1. The number of amides is 2. The molecule has 5 heteroatoms. The Bertz CT molecular complexity index is 834. The number of thiophene rings is 1. The second kappa shape index (κ2) is 5.99. The highest BCUT2D eigenvalue weighted by atomic mass is 32.1. The summed E-state index contributed by atoms with van der Waals surface area (Å²) >= 11 is 1.54. The Kier molecular flexibility index (Phi) is 3.91. The first-order valence-corrected chi connectivity index (χ1v) is 9.65. The smallest absolute Gasteiger partial charge is 0.263 e. The van der Waals surface area contributed by atoms with Crippen molar-refractivity contribution in [3.05, 3.63) is 51.7 Å². The number of benzene rings is 1. The average Bonchev–Trinajstić information content (AvgIpc) is 3.16. The van der Waals surface area contributed by atoms with Gasteiger partial charge in [-0.3, -0.25) is 9.59 Å². The number of nitrogens with zero attached hydrogens (tertiary/aromatic N) is 2. The molecule has 4 rings (SSSR count). The summed E-state index contributed by atoms with van der Waals surface area (Å²) in [6, 6.07) is 12.0. The van der Waals surface area contributed by atoms with E-state index in [1.54, 1.807) is 0 Å². The number of piperidine rings is 1. The van der Waals surface area contributed by atoms with E-state index in [2.05, 4.69) is 6.07 Å². The van der Waals surface area contributed by atoms with Gasteiger partial charge in [0.25, 0.3) is 5.91 Å². The van der Waals surface area contributed by atoms with Gasteiger partial charge in [-0.2, -0.15) is 0 Å². The number of para-hydroxylation sites is 1. The molecular formula is C20H22N2O2S. The molecule has 1 saturated heterocycles. The zero-order valence-electron chi connectivity index (χ0n) is 14.6. The van der Waals surface area contributed by atoms with Gasteiger partial charge in [-0.1, -0.05) is 18.2 Å². The van der Waals surface area contributed by atoms with Crippen LogP contribution in [0.5, 0.6) is 0 Å². The number of hydrogen-bond donors (Lipinski definition) is 0. The molecule has 0 saturated carbocycles. The van der Waals surface area contributed by atoms with E-state index >= 15 is 0 Å². The molecule has 2 aliphatic heterocycles. The normalized spacial score (nSPS) is 18.7. The van der Waals surface area contributed by atoms with Crippen molar-refractivity contribution in [2.45, 2.75) is 32.1 Å². The molecule has 1 fully saturated rings. The van der Waals surface area contributed by atoms with Gasteiger partial charge in [0.15, 0.2) is 0 Å². The van der Waals surface area contributed by atoms with Gasteiger partial charge in [0.2, 0.25) is 5.91 Å². The van der Waals surface area contributed by atoms with Crippen molar-refractivity contribution in [2.75, 3.05) is 24.5 Å². The number of likely N-dealkylation sites (tertiary alicyclic amines) is 1. The van der Waals surface area contributed by atoms with Crippen molar-refractivity contribution in [3.8, 4) is 0 Å². The molecule has 0 unspecified atom stereocenters. The zero-order chi connectivity index (χ0) is 17.6. The maximum Gasteiger partial charge on any atom is 0.263 e. The second-order valence-electron chi connectivity index (χ2n) is 6.85. The molecule has 1 aromatic heterocycles. The lowest BCUT2D eigenvalue weighted by Gasteiger charge is -2.38. The molecule has 2 aliphatic rings. The first-order chi connectivity index (χ1) is 12.1. The summed E-state index contributed by atoms with van der Waals surface area (Å²) in [7, 11) is 0. The number of aryl methyl sites for hydroxylation is 1. The Morgan fingerprint density at radius 3 is 2.52 bits per heavy atom. The van der Waals surface area contributed by atoms with Crippen LogP contribution in [0.4, 0.5) is 5.69 Å². The first-order valence-electron chi connectivity index (χ1n) is 8.84. The topological polar surface area (TPSA) is 40.6 Å². The Hall–Kier alpha value is -2.14. The van der Waals surface area contributed by atoms with E-state index in [0.29, 0.717) is 32.5 Å². The first kappa shape index (κ1) is 16.3. The molecule has 0 atom stereocenters. The average molecular weight is 354 g/mol. The maximum absolute atomic E-state index is 13.1. The number of fused-ring (bicyclic) bond motifs is 2. The van der Waals surface area contributed by atoms with Crippen LogP contribution in [0.1, 0.15) is 39.9 Å². The van der Waals surface area contributed by atoms with Gasteiger partial charge in [0, 0.05) is 30.2 Å². The van der Waals surface area contributed by atoms with Crippen LogP contribution in [0.2, 0.25) is 0 Å². The monoisotopic (exact) mass is 354 g/mol. The molecule has 0 bridgehead atoms. The molecule has 2 aromatic rings. The fraction of sp³-hybridized carbons (Fsp3) is 0.400. The fourth-order valence-corrected chi connectivity index (χ4v) is 5.03. The predicted molar refractivity (Wildman–Crippen MR) is 100 cm³/mol. The van der Waals surface area contributed by atoms with Crippen LogP contribution in [0.3, 0.4) is 0 Å². The third kappa shape index (κ3) is 2.41. The standard InChI is InChI=1S/C20H22N2O2S/c1-3-22-16-7-5-4-6-15(16)20(19(22)24)10-12-21(13-11-20)18(23)17-9-8-14(2)25-17/h4-9H,3,10-13H2,1-2H3. The number of hydrogen-bond acceptors (Lipinski definition) is 3. The third-order valence-corrected chi connectivity index (χ3v) is 6.53. The highest BCUT2D eigenvalue weighted by Crippen LogP contribution is 2.47. The quantitative estimate of drug-likeness (QED) is 0.827. The van der Waals surface area contributed by atoms with Crippen molar-refractivity contribution >= 4 is 28.8 Å². The van der Waals surface area contributed by atoms with Crippen LogP contribution in [-0.2, 0) is 10.2 Å². The summed E-state index contributed by atoms with van der Waals surface area (Å²) in [5.41, 5.74) is 1.74. The van der Waals surface area contributed by atoms with Gasteiger partial charge >= 0.3 is 0 Å². The van der Waals surface area contributed by atoms with Crippen molar-refractivity contribution in [1.29, 1.82) is 0 Å². The lowest BCUT2D eigenvalue weighted by molar-refractivity contribution is -0.124. The van der Waals surface area contributed by atoms with Gasteiger partial charge in [0.05, 0.1) is 10.3 Å². The highest BCUT2D eigenvalue weighted by molar-refractivity contribution is 7.13. The minimum atomic E-state index is -0.450. The number of carbonyl (C=O) groups is 2. The zero-order valence-corrected chi connectivity index (χ0v) is 15.4. The Labute approximate surface area is 152 Å². The van der Waals surface area contributed by atoms with E-state index in [9.17, 15) is 9.59 Å². The van der Waals surface area contributed by atoms with E-state index in [0.717, 1.165) is 21.0 Å². The number of likely N-dealkylation sites (N-methyl/N-ethyl adjacent to an activating group) is 1. The van der Waals surface area contributed by atoms with Crippen molar-refractivity contribution in [3.63, 3.8) is 0 Å². The summed E-state index contributed by atoms with van der Waals surface area (Å²) < 4.78 is 0. The summed E-state index contributed by atoms with van der Waals surface area (Å²) in [5.74, 6) is 0.300. The molecule has 0 N–H and O–H groups in total. The van der Waals surface area contributed by atoms with Gasteiger partial charge < -0.3 is 9.80 Å². The van der Waals surface area contributed by atoms with Crippen LogP contribution in [0, 0.1) is 6.92 Å². The van der Waals surface area contributed by atoms with Crippen LogP contribution < -0.4 is 4.90 Å². The fourth-order valence-electron chi connectivity index (χ4n) is 4.19. The van der Waals surface area contributed by atoms with Gasteiger partial charge in [-0.25, -0.2) is 0 Å². The maximum atomic E-state index is 13.1. The molecule has 2 amide bonds. The van der Waals surface area contributed by atoms with Crippen LogP contribution in [-0.4, -0.2) is 36.3 Å². The summed E-state index contributed by atoms with van der Waals surface area (Å²) in [6.07, 6.45) is 1.41.